The second-order valence-corrected chi connectivity index (χ2v) is 8.45. The third-order valence-corrected chi connectivity index (χ3v) is 4.51. The molecule has 0 saturated carbocycles. The summed E-state index contributed by atoms with van der Waals surface area (Å²) in [6, 6.07) is 0. The highest BCUT2D eigenvalue weighted by Gasteiger charge is 2.13. The Morgan fingerprint density at radius 3 is 1.96 bits per heavy atom. The van der Waals surface area contributed by atoms with Crippen LogP contribution in [-0.4, -0.2) is 22.4 Å². The second kappa shape index (κ2) is 17.0. The van der Waals surface area contributed by atoms with Gasteiger partial charge in [0.1, 0.15) is 0 Å². The maximum absolute atomic E-state index is 9.73. The van der Waals surface area contributed by atoms with Crippen LogP contribution in [0.15, 0.2) is 47.6 Å². The van der Waals surface area contributed by atoms with E-state index in [1.807, 2.05) is 0 Å². The van der Waals surface area contributed by atoms with Crippen LogP contribution in [0.3, 0.4) is 0 Å². The van der Waals surface area contributed by atoms with Crippen molar-refractivity contribution in [1.82, 2.24) is 0 Å². The van der Waals surface area contributed by atoms with Crippen molar-refractivity contribution in [2.24, 2.45) is 5.92 Å². The van der Waals surface area contributed by atoms with Crippen molar-refractivity contribution in [2.75, 3.05) is 6.61 Å². The largest absolute Gasteiger partial charge is 0.396 e. The number of aliphatic hydroxyl groups excluding tert-OH is 1. The predicted molar refractivity (Wildman–Crippen MR) is 122 cm³/mol. The van der Waals surface area contributed by atoms with E-state index < -0.39 is 5.60 Å². The molecular weight excluding hydrogens is 332 g/mol. The number of rotatable bonds is 12. The molecule has 0 aliphatic rings. The number of hydrogen-bond donors (Lipinski definition) is 2. The van der Waals surface area contributed by atoms with E-state index in [4.69, 9.17) is 5.11 Å². The molecular formula is C25H46O2. The lowest BCUT2D eigenvalue weighted by Crippen LogP contribution is -2.19. The monoisotopic (exact) mass is 378 g/mol. The van der Waals surface area contributed by atoms with Crippen LogP contribution in [0.5, 0.6) is 0 Å². The van der Waals surface area contributed by atoms with Gasteiger partial charge in [0.25, 0.3) is 0 Å². The zero-order valence-corrected chi connectivity index (χ0v) is 19.1. The summed E-state index contributed by atoms with van der Waals surface area (Å²) < 4.78 is 0. The molecule has 0 fully saturated rings. The summed E-state index contributed by atoms with van der Waals surface area (Å²) in [5.74, 6) is 0.663. The van der Waals surface area contributed by atoms with Gasteiger partial charge in [-0.25, -0.2) is 0 Å². The molecule has 0 aromatic carbocycles. The van der Waals surface area contributed by atoms with Gasteiger partial charge in [-0.3, -0.25) is 0 Å². The molecule has 0 aliphatic heterocycles. The molecule has 0 aliphatic carbocycles. The van der Waals surface area contributed by atoms with E-state index >= 15 is 0 Å². The fraction of sp³-hybridized carbons (Fsp3) is 0.680. The summed E-state index contributed by atoms with van der Waals surface area (Å²) in [5.41, 5.74) is 3.44. The Morgan fingerprint density at radius 2 is 1.48 bits per heavy atom. The molecule has 0 aromatic heterocycles. The van der Waals surface area contributed by atoms with E-state index in [1.54, 1.807) is 13.0 Å². The lowest BCUT2D eigenvalue weighted by Gasteiger charge is -2.16. The van der Waals surface area contributed by atoms with Crippen LogP contribution in [0, 0.1) is 5.92 Å². The molecule has 0 bridgehead atoms. The van der Waals surface area contributed by atoms with Gasteiger partial charge in [0.2, 0.25) is 0 Å². The second-order valence-electron chi connectivity index (χ2n) is 8.45. The summed E-state index contributed by atoms with van der Waals surface area (Å²) in [6.07, 6.45) is 15.5. The van der Waals surface area contributed by atoms with Crippen molar-refractivity contribution in [2.45, 2.75) is 99.0 Å². The van der Waals surface area contributed by atoms with Gasteiger partial charge in [-0.2, -0.15) is 0 Å². The summed E-state index contributed by atoms with van der Waals surface area (Å²) in [7, 11) is 0. The van der Waals surface area contributed by atoms with E-state index in [-0.39, 0.29) is 0 Å². The maximum atomic E-state index is 9.73. The van der Waals surface area contributed by atoms with Gasteiger partial charge >= 0.3 is 0 Å². The fourth-order valence-corrected chi connectivity index (χ4v) is 2.42. The van der Waals surface area contributed by atoms with Crippen molar-refractivity contribution < 1.29 is 10.2 Å². The third kappa shape index (κ3) is 22.8. The van der Waals surface area contributed by atoms with Crippen LogP contribution in [0.2, 0.25) is 0 Å². The maximum Gasteiger partial charge on any atom is 0.0800 e. The Kier molecular flexibility index (Phi) is 17.7. The quantitative estimate of drug-likeness (QED) is 0.354. The van der Waals surface area contributed by atoms with Crippen LogP contribution in [0.25, 0.3) is 0 Å². The SMILES string of the molecule is C=CC(C)(O)CCC=C(C)CCC=C(C)C.CC(C)=CCCC(C)CCO. The topological polar surface area (TPSA) is 40.5 Å². The van der Waals surface area contributed by atoms with Crippen molar-refractivity contribution in [3.05, 3.63) is 47.6 Å². The molecule has 2 heteroatoms. The van der Waals surface area contributed by atoms with Crippen LogP contribution >= 0.6 is 0 Å². The minimum atomic E-state index is -0.726. The molecule has 2 nitrogen and oxygen atoms in total. The molecule has 0 amide bonds. The van der Waals surface area contributed by atoms with Crippen LogP contribution in [0.4, 0.5) is 0 Å². The molecule has 0 aromatic rings. The molecule has 0 heterocycles. The van der Waals surface area contributed by atoms with Gasteiger partial charge in [-0.1, -0.05) is 47.9 Å². The minimum absolute atomic E-state index is 0.329. The lowest BCUT2D eigenvalue weighted by molar-refractivity contribution is 0.103. The molecule has 0 spiro atoms. The highest BCUT2D eigenvalue weighted by atomic mass is 16.3. The summed E-state index contributed by atoms with van der Waals surface area (Å²) in [4.78, 5) is 0. The van der Waals surface area contributed by atoms with Crippen molar-refractivity contribution in [3.8, 4) is 0 Å². The lowest BCUT2D eigenvalue weighted by atomic mass is 9.99. The van der Waals surface area contributed by atoms with Crippen molar-refractivity contribution in [3.63, 3.8) is 0 Å². The van der Waals surface area contributed by atoms with Crippen LogP contribution < -0.4 is 0 Å². The van der Waals surface area contributed by atoms with Gasteiger partial charge in [0.15, 0.2) is 0 Å². The number of hydrogen-bond acceptors (Lipinski definition) is 2. The molecule has 27 heavy (non-hydrogen) atoms. The standard InChI is InChI=1S/C15H26O.C10H20O/c1-6-15(5,16)12-8-11-14(4)10-7-9-13(2)3;1-9(2)5-4-6-10(3)7-8-11/h6,9,11,16H,1,7-8,10,12H2,2-5H3;5,10-11H,4,6-8H2,1-3H3. The highest BCUT2D eigenvalue weighted by molar-refractivity contribution is 5.03. The number of aliphatic hydroxyl groups is 2. The molecule has 2 unspecified atom stereocenters. The Labute approximate surface area is 169 Å². The first-order valence-electron chi connectivity index (χ1n) is 10.4. The Balaban J connectivity index is 0. The van der Waals surface area contributed by atoms with Gasteiger partial charge < -0.3 is 10.2 Å². The normalized spacial score (nSPS) is 14.3. The molecule has 0 rings (SSSR count). The zero-order valence-electron chi connectivity index (χ0n) is 19.1. The molecule has 2 atom stereocenters. The van der Waals surface area contributed by atoms with Gasteiger partial charge in [-0.05, 0) is 92.4 Å². The first-order chi connectivity index (χ1) is 12.5. The highest BCUT2D eigenvalue weighted by Crippen LogP contribution is 2.15. The smallest absolute Gasteiger partial charge is 0.0800 e. The van der Waals surface area contributed by atoms with E-state index in [1.165, 1.54) is 23.1 Å². The summed E-state index contributed by atoms with van der Waals surface area (Å²) in [6.45, 7) is 18.6. The van der Waals surface area contributed by atoms with Crippen molar-refractivity contribution in [1.29, 1.82) is 0 Å². The van der Waals surface area contributed by atoms with E-state index in [0.29, 0.717) is 12.5 Å². The minimum Gasteiger partial charge on any atom is -0.396 e. The Morgan fingerprint density at radius 1 is 0.926 bits per heavy atom. The fourth-order valence-electron chi connectivity index (χ4n) is 2.42. The van der Waals surface area contributed by atoms with E-state index in [0.717, 1.165) is 38.5 Å². The third-order valence-electron chi connectivity index (χ3n) is 4.51. The predicted octanol–water partition coefficient (Wildman–Crippen LogP) is 7.15. The van der Waals surface area contributed by atoms with Gasteiger partial charge in [0.05, 0.1) is 5.60 Å². The van der Waals surface area contributed by atoms with Crippen LogP contribution in [0.1, 0.15) is 93.4 Å². The zero-order chi connectivity index (χ0) is 21.3. The molecule has 0 saturated heterocycles. The summed E-state index contributed by atoms with van der Waals surface area (Å²) in [5, 5.41) is 18.4. The molecule has 2 N–H and O–H groups in total. The summed E-state index contributed by atoms with van der Waals surface area (Å²) >= 11 is 0. The van der Waals surface area contributed by atoms with E-state index in [2.05, 4.69) is 66.3 Å². The Hall–Kier alpha value is -1.12. The Bertz CT molecular complexity index is 459. The van der Waals surface area contributed by atoms with Crippen molar-refractivity contribution >= 4 is 0 Å². The molecule has 0 radical (unpaired) electrons. The van der Waals surface area contributed by atoms with E-state index in [9.17, 15) is 5.11 Å². The van der Waals surface area contributed by atoms with Gasteiger partial charge in [0, 0.05) is 6.61 Å². The number of allylic oxidation sites excluding steroid dienone is 6. The average Bonchev–Trinajstić information content (AvgIpc) is 2.55. The first-order valence-corrected chi connectivity index (χ1v) is 10.4. The molecule has 158 valence electrons. The average molecular weight is 379 g/mol. The van der Waals surface area contributed by atoms with Gasteiger partial charge in [-0.15, -0.1) is 6.58 Å². The van der Waals surface area contributed by atoms with Crippen LogP contribution in [-0.2, 0) is 0 Å². The first kappa shape index (κ1) is 28.1.